The van der Waals surface area contributed by atoms with E-state index in [2.05, 4.69) is 20.9 Å². The Morgan fingerprint density at radius 3 is 2.82 bits per heavy atom. The lowest BCUT2D eigenvalue weighted by Gasteiger charge is -2.01. The van der Waals surface area contributed by atoms with Crippen molar-refractivity contribution in [3.8, 4) is 5.75 Å². The van der Waals surface area contributed by atoms with Gasteiger partial charge in [-0.05, 0) is 40.9 Å². The number of hydrogen-bond donors (Lipinski definition) is 0. The first-order valence-electron chi connectivity index (χ1n) is 3.63. The summed E-state index contributed by atoms with van der Waals surface area (Å²) in [7, 11) is 0. The Hall–Kier alpha value is -0.570. The molecule has 1 heterocycles. The van der Waals surface area contributed by atoms with Crippen molar-refractivity contribution in [2.75, 3.05) is 0 Å². The summed E-state index contributed by atoms with van der Waals surface area (Å²) in [5.41, 5.74) is 0. The van der Waals surface area contributed by atoms with Crippen molar-refractivity contribution in [3.63, 3.8) is 0 Å². The molecule has 11 heavy (non-hydrogen) atoms. The first-order chi connectivity index (χ1) is 5.34. The molecule has 2 rings (SSSR count). The maximum absolute atomic E-state index is 5.50. The van der Waals surface area contributed by atoms with Crippen LogP contribution in [-0.4, -0.2) is 11.1 Å². The van der Waals surface area contributed by atoms with Gasteiger partial charge in [-0.15, -0.1) is 0 Å². The number of hydrogen-bond acceptors (Lipinski definition) is 2. The van der Waals surface area contributed by atoms with Crippen LogP contribution in [0.5, 0.6) is 5.75 Å². The molecule has 3 heteroatoms. The molecule has 58 valence electrons. The van der Waals surface area contributed by atoms with Crippen molar-refractivity contribution < 1.29 is 4.74 Å². The van der Waals surface area contributed by atoms with Gasteiger partial charge in [0.25, 0.3) is 0 Å². The summed E-state index contributed by atoms with van der Waals surface area (Å²) in [4.78, 5) is 4.05. The van der Waals surface area contributed by atoms with Gasteiger partial charge in [0.1, 0.15) is 10.4 Å². The van der Waals surface area contributed by atoms with E-state index in [1.807, 2.05) is 12.1 Å². The van der Waals surface area contributed by atoms with E-state index in [0.717, 1.165) is 10.4 Å². The van der Waals surface area contributed by atoms with Crippen LogP contribution in [0, 0.1) is 0 Å². The SMILES string of the molecule is Brc1ccc(OC2CC2)cn1. The second-order valence-electron chi connectivity index (χ2n) is 2.63. The fourth-order valence-electron chi connectivity index (χ4n) is 0.810. The van der Waals surface area contributed by atoms with Crippen LogP contribution in [0.3, 0.4) is 0 Å². The minimum Gasteiger partial charge on any atom is -0.489 e. The molecule has 1 aliphatic rings. The number of aromatic nitrogens is 1. The highest BCUT2D eigenvalue weighted by Crippen LogP contribution is 2.26. The lowest BCUT2D eigenvalue weighted by molar-refractivity contribution is 0.302. The minimum atomic E-state index is 0.456. The molecule has 1 saturated carbocycles. The standard InChI is InChI=1S/C8H8BrNO/c9-8-4-3-7(5-10-8)11-6-1-2-6/h3-6H,1-2H2. The highest BCUT2D eigenvalue weighted by atomic mass is 79.9. The Labute approximate surface area is 73.7 Å². The Morgan fingerprint density at radius 2 is 2.27 bits per heavy atom. The predicted molar refractivity (Wildman–Crippen MR) is 45.6 cm³/mol. The molecule has 1 aliphatic carbocycles. The smallest absolute Gasteiger partial charge is 0.138 e. The first kappa shape index (κ1) is 7.10. The van der Waals surface area contributed by atoms with Crippen LogP contribution in [-0.2, 0) is 0 Å². The Balaban J connectivity index is 2.06. The molecule has 0 atom stereocenters. The fourth-order valence-corrected chi connectivity index (χ4v) is 1.04. The summed E-state index contributed by atoms with van der Waals surface area (Å²) >= 11 is 3.26. The van der Waals surface area contributed by atoms with Gasteiger partial charge in [-0.1, -0.05) is 0 Å². The monoisotopic (exact) mass is 213 g/mol. The van der Waals surface area contributed by atoms with Gasteiger partial charge in [0.15, 0.2) is 0 Å². The van der Waals surface area contributed by atoms with Crippen molar-refractivity contribution in [2.24, 2.45) is 0 Å². The second kappa shape index (κ2) is 2.81. The average Bonchev–Trinajstić information content (AvgIpc) is 2.78. The van der Waals surface area contributed by atoms with Crippen molar-refractivity contribution >= 4 is 15.9 Å². The summed E-state index contributed by atoms with van der Waals surface area (Å²) in [6.45, 7) is 0. The molecule has 0 saturated heterocycles. The maximum Gasteiger partial charge on any atom is 0.138 e. The fraction of sp³-hybridized carbons (Fsp3) is 0.375. The largest absolute Gasteiger partial charge is 0.489 e. The van der Waals surface area contributed by atoms with Crippen LogP contribution in [0.4, 0.5) is 0 Å². The van der Waals surface area contributed by atoms with E-state index >= 15 is 0 Å². The normalized spacial score (nSPS) is 16.5. The number of nitrogens with zero attached hydrogens (tertiary/aromatic N) is 1. The molecule has 1 fully saturated rings. The molecule has 0 radical (unpaired) electrons. The molecule has 0 spiro atoms. The van der Waals surface area contributed by atoms with Gasteiger partial charge in [-0.3, -0.25) is 0 Å². The summed E-state index contributed by atoms with van der Waals surface area (Å²) in [5.74, 6) is 0.871. The summed E-state index contributed by atoms with van der Waals surface area (Å²) in [6, 6.07) is 3.81. The maximum atomic E-state index is 5.50. The van der Waals surface area contributed by atoms with Crippen LogP contribution >= 0.6 is 15.9 Å². The van der Waals surface area contributed by atoms with E-state index in [1.165, 1.54) is 12.8 Å². The Kier molecular flexibility index (Phi) is 1.82. The van der Waals surface area contributed by atoms with E-state index in [4.69, 9.17) is 4.74 Å². The third kappa shape index (κ3) is 1.93. The lowest BCUT2D eigenvalue weighted by atomic mass is 10.5. The van der Waals surface area contributed by atoms with Crippen LogP contribution in [0.1, 0.15) is 12.8 Å². The predicted octanol–water partition coefficient (Wildman–Crippen LogP) is 2.39. The topological polar surface area (TPSA) is 22.1 Å². The number of rotatable bonds is 2. The average molecular weight is 214 g/mol. The molecular weight excluding hydrogens is 206 g/mol. The molecule has 1 aromatic heterocycles. The molecule has 1 aromatic rings. The molecule has 2 nitrogen and oxygen atoms in total. The van der Waals surface area contributed by atoms with Gasteiger partial charge in [0.05, 0.1) is 12.3 Å². The highest BCUT2D eigenvalue weighted by molar-refractivity contribution is 9.10. The number of ether oxygens (including phenoxy) is 1. The van der Waals surface area contributed by atoms with E-state index in [-0.39, 0.29) is 0 Å². The molecular formula is C8H8BrNO. The third-order valence-corrected chi connectivity index (χ3v) is 2.00. The molecule has 0 aromatic carbocycles. The molecule has 0 amide bonds. The van der Waals surface area contributed by atoms with E-state index in [1.54, 1.807) is 6.20 Å². The van der Waals surface area contributed by atoms with Gasteiger partial charge in [0, 0.05) is 0 Å². The van der Waals surface area contributed by atoms with Crippen LogP contribution in [0.2, 0.25) is 0 Å². The highest BCUT2D eigenvalue weighted by Gasteiger charge is 2.23. The molecule has 0 unspecified atom stereocenters. The minimum absolute atomic E-state index is 0.456. The lowest BCUT2D eigenvalue weighted by Crippen LogP contribution is -1.95. The van der Waals surface area contributed by atoms with Gasteiger partial charge < -0.3 is 4.74 Å². The Morgan fingerprint density at radius 1 is 1.45 bits per heavy atom. The van der Waals surface area contributed by atoms with Gasteiger partial charge >= 0.3 is 0 Å². The van der Waals surface area contributed by atoms with Crippen LogP contribution in [0.15, 0.2) is 22.9 Å². The second-order valence-corrected chi connectivity index (χ2v) is 3.45. The zero-order chi connectivity index (χ0) is 7.68. The summed E-state index contributed by atoms with van der Waals surface area (Å²) in [5, 5.41) is 0. The first-order valence-corrected chi connectivity index (χ1v) is 4.42. The summed E-state index contributed by atoms with van der Waals surface area (Å²) < 4.78 is 6.34. The van der Waals surface area contributed by atoms with Crippen molar-refractivity contribution in [1.29, 1.82) is 0 Å². The van der Waals surface area contributed by atoms with Gasteiger partial charge in [0.2, 0.25) is 0 Å². The quantitative estimate of drug-likeness (QED) is 0.705. The zero-order valence-electron chi connectivity index (χ0n) is 5.96. The van der Waals surface area contributed by atoms with Crippen LogP contribution in [0.25, 0.3) is 0 Å². The molecule has 0 bridgehead atoms. The van der Waals surface area contributed by atoms with Crippen molar-refractivity contribution in [2.45, 2.75) is 18.9 Å². The number of halogens is 1. The van der Waals surface area contributed by atoms with Gasteiger partial charge in [-0.25, -0.2) is 4.98 Å². The van der Waals surface area contributed by atoms with Crippen molar-refractivity contribution in [3.05, 3.63) is 22.9 Å². The van der Waals surface area contributed by atoms with E-state index in [0.29, 0.717) is 6.10 Å². The third-order valence-electron chi connectivity index (χ3n) is 1.53. The zero-order valence-corrected chi connectivity index (χ0v) is 7.54. The Bertz CT molecular complexity index is 243. The van der Waals surface area contributed by atoms with E-state index in [9.17, 15) is 0 Å². The van der Waals surface area contributed by atoms with Crippen molar-refractivity contribution in [1.82, 2.24) is 4.98 Å². The molecule has 0 aliphatic heterocycles. The van der Waals surface area contributed by atoms with Crippen LogP contribution < -0.4 is 4.74 Å². The van der Waals surface area contributed by atoms with E-state index < -0.39 is 0 Å². The number of pyridine rings is 1. The van der Waals surface area contributed by atoms with Gasteiger partial charge in [-0.2, -0.15) is 0 Å². The molecule has 0 N–H and O–H groups in total. The summed E-state index contributed by atoms with van der Waals surface area (Å²) in [6.07, 6.45) is 4.58.